The van der Waals surface area contributed by atoms with Crippen LogP contribution in [0.15, 0.2) is 28.7 Å². The van der Waals surface area contributed by atoms with Crippen molar-refractivity contribution in [3.05, 3.63) is 51.0 Å². The van der Waals surface area contributed by atoms with Crippen LogP contribution >= 0.6 is 15.9 Å². The summed E-state index contributed by atoms with van der Waals surface area (Å²) in [5.74, 6) is 1.58. The largest absolute Gasteiger partial charge is 0.496 e. The molecule has 0 saturated carbocycles. The van der Waals surface area contributed by atoms with Crippen LogP contribution in [0.4, 0.5) is 0 Å². The van der Waals surface area contributed by atoms with E-state index >= 15 is 0 Å². The van der Waals surface area contributed by atoms with Crippen molar-refractivity contribution in [3.8, 4) is 17.2 Å². The molecule has 0 aliphatic heterocycles. The quantitative estimate of drug-likeness (QED) is 0.305. The average molecular weight is 549 g/mol. The van der Waals surface area contributed by atoms with E-state index in [1.807, 2.05) is 66.7 Å². The summed E-state index contributed by atoms with van der Waals surface area (Å²) in [6.45, 7) is 13.9. The van der Waals surface area contributed by atoms with Crippen LogP contribution in [-0.2, 0) is 21.4 Å². The number of esters is 1. The zero-order valence-electron chi connectivity index (χ0n) is 22.3. The van der Waals surface area contributed by atoms with E-state index in [0.29, 0.717) is 24.5 Å². The number of rotatable bonds is 9. The second-order valence-corrected chi connectivity index (χ2v) is 11.4. The Kier molecular flexibility index (Phi) is 9.40. The minimum absolute atomic E-state index is 0.0777. The number of carbonyl (C=O) groups is 2. The van der Waals surface area contributed by atoms with Crippen LogP contribution in [0.2, 0.25) is 0 Å². The third kappa shape index (κ3) is 7.47. The Morgan fingerprint density at radius 2 is 1.54 bits per heavy atom. The van der Waals surface area contributed by atoms with Gasteiger partial charge in [0, 0.05) is 23.9 Å². The summed E-state index contributed by atoms with van der Waals surface area (Å²) >= 11 is 3.46. The maximum atomic E-state index is 12.9. The zero-order valence-corrected chi connectivity index (χ0v) is 23.9. The van der Waals surface area contributed by atoms with Crippen LogP contribution in [-0.4, -0.2) is 32.6 Å². The molecule has 7 heteroatoms. The molecule has 0 heterocycles. The van der Waals surface area contributed by atoms with E-state index in [2.05, 4.69) is 27.3 Å². The topological polar surface area (TPSA) is 73.9 Å². The van der Waals surface area contributed by atoms with Crippen LogP contribution in [0.1, 0.15) is 63.3 Å². The third-order valence-corrected chi connectivity index (χ3v) is 6.43. The second-order valence-electron chi connectivity index (χ2n) is 10.6. The fourth-order valence-electron chi connectivity index (χ4n) is 4.14. The first-order chi connectivity index (χ1) is 16.2. The van der Waals surface area contributed by atoms with Crippen LogP contribution in [0, 0.1) is 19.3 Å². The highest BCUT2D eigenvalue weighted by Crippen LogP contribution is 2.39. The molecule has 0 spiro atoms. The highest BCUT2D eigenvalue weighted by atomic mass is 79.9. The fourth-order valence-corrected chi connectivity index (χ4v) is 4.62. The van der Waals surface area contributed by atoms with E-state index in [1.165, 1.54) is 0 Å². The third-order valence-electron chi connectivity index (χ3n) is 5.81. The van der Waals surface area contributed by atoms with Gasteiger partial charge in [-0.05, 0) is 91.9 Å². The molecular formula is C28H38BrNO5. The van der Waals surface area contributed by atoms with Gasteiger partial charge in [-0.1, -0.05) is 19.9 Å². The Hall–Kier alpha value is -2.54. The van der Waals surface area contributed by atoms with Crippen molar-refractivity contribution >= 4 is 27.8 Å². The van der Waals surface area contributed by atoms with Crippen molar-refractivity contribution in [2.45, 2.75) is 66.7 Å². The van der Waals surface area contributed by atoms with E-state index in [1.54, 1.807) is 14.2 Å². The van der Waals surface area contributed by atoms with E-state index in [0.717, 1.165) is 32.5 Å². The van der Waals surface area contributed by atoms with Crippen LogP contribution in [0.3, 0.4) is 0 Å². The minimum atomic E-state index is -0.632. The van der Waals surface area contributed by atoms with Gasteiger partial charge in [-0.2, -0.15) is 0 Å². The summed E-state index contributed by atoms with van der Waals surface area (Å²) in [5, 5.41) is 3.02. The van der Waals surface area contributed by atoms with Gasteiger partial charge in [0.1, 0.15) is 17.2 Å². The highest BCUT2D eigenvalue weighted by Gasteiger charge is 2.32. The molecule has 0 aromatic heterocycles. The van der Waals surface area contributed by atoms with Crippen LogP contribution in [0.5, 0.6) is 17.2 Å². The Balaban J connectivity index is 2.16. The lowest BCUT2D eigenvalue weighted by molar-refractivity contribution is -0.143. The van der Waals surface area contributed by atoms with Crippen LogP contribution < -0.4 is 19.5 Å². The molecule has 0 fully saturated rings. The molecule has 0 saturated heterocycles. The number of amides is 1. The van der Waals surface area contributed by atoms with Crippen molar-refractivity contribution in [3.63, 3.8) is 0 Å². The van der Waals surface area contributed by atoms with Gasteiger partial charge in [-0.3, -0.25) is 9.59 Å². The lowest BCUT2D eigenvalue weighted by Gasteiger charge is -2.30. The molecule has 192 valence electrons. The summed E-state index contributed by atoms with van der Waals surface area (Å²) in [4.78, 5) is 25.6. The molecule has 0 bridgehead atoms. The Morgan fingerprint density at radius 1 is 0.914 bits per heavy atom. The van der Waals surface area contributed by atoms with Crippen molar-refractivity contribution in [2.24, 2.45) is 5.41 Å². The molecule has 1 amide bonds. The molecule has 0 radical (unpaired) electrons. The number of methoxy groups -OCH3 is 2. The van der Waals surface area contributed by atoms with Gasteiger partial charge in [0.15, 0.2) is 0 Å². The molecule has 2 aromatic rings. The molecule has 1 N–H and O–H groups in total. The summed E-state index contributed by atoms with van der Waals surface area (Å²) in [7, 11) is 3.23. The first kappa shape index (κ1) is 28.7. The van der Waals surface area contributed by atoms with Gasteiger partial charge in [-0.25, -0.2) is 0 Å². The first-order valence-corrected chi connectivity index (χ1v) is 12.5. The number of halogens is 1. The zero-order chi connectivity index (χ0) is 26.6. The van der Waals surface area contributed by atoms with Crippen molar-refractivity contribution in [1.29, 1.82) is 0 Å². The van der Waals surface area contributed by atoms with Crippen molar-refractivity contribution in [2.75, 3.05) is 20.8 Å². The van der Waals surface area contributed by atoms with Gasteiger partial charge in [0.05, 0.1) is 24.1 Å². The highest BCUT2D eigenvalue weighted by molar-refractivity contribution is 9.10. The number of ether oxygens (including phenoxy) is 3. The lowest BCUT2D eigenvalue weighted by atomic mass is 9.78. The summed E-state index contributed by atoms with van der Waals surface area (Å²) in [6.07, 6.45) is 0.842. The van der Waals surface area contributed by atoms with Gasteiger partial charge in [0.25, 0.3) is 0 Å². The molecule has 0 unspecified atom stereocenters. The number of aryl methyl sites for hydroxylation is 2. The van der Waals surface area contributed by atoms with E-state index < -0.39 is 10.8 Å². The average Bonchev–Trinajstić information content (AvgIpc) is 2.72. The molecule has 6 nitrogen and oxygen atoms in total. The second kappa shape index (κ2) is 11.5. The lowest BCUT2D eigenvalue weighted by Crippen LogP contribution is -2.33. The number of hydrogen-bond donors (Lipinski definition) is 1. The molecular weight excluding hydrogens is 510 g/mol. The summed E-state index contributed by atoms with van der Waals surface area (Å²) in [5.41, 5.74) is 2.63. The number of benzene rings is 2. The minimum Gasteiger partial charge on any atom is -0.496 e. The predicted molar refractivity (Wildman–Crippen MR) is 143 cm³/mol. The summed E-state index contributed by atoms with van der Waals surface area (Å²) in [6, 6.07) is 7.69. The number of hydrogen-bond acceptors (Lipinski definition) is 5. The fraction of sp³-hybridized carbons (Fsp3) is 0.500. The van der Waals surface area contributed by atoms with Crippen molar-refractivity contribution < 1.29 is 23.8 Å². The molecule has 2 rings (SSSR count). The Bertz CT molecular complexity index is 1090. The van der Waals surface area contributed by atoms with Crippen molar-refractivity contribution in [1.82, 2.24) is 5.32 Å². The predicted octanol–water partition coefficient (Wildman–Crippen LogP) is 6.06. The maximum absolute atomic E-state index is 12.9. The number of nitrogens with one attached hydrogen (secondary N) is 1. The van der Waals surface area contributed by atoms with E-state index in [4.69, 9.17) is 14.2 Å². The molecule has 0 aliphatic rings. The monoisotopic (exact) mass is 547 g/mol. The van der Waals surface area contributed by atoms with E-state index in [-0.39, 0.29) is 18.3 Å². The molecule has 0 atom stereocenters. The molecule has 0 aliphatic carbocycles. The normalized spacial score (nSPS) is 11.7. The van der Waals surface area contributed by atoms with Gasteiger partial charge in [-0.15, -0.1) is 0 Å². The number of carbonyl (C=O) groups excluding carboxylic acids is 2. The Morgan fingerprint density at radius 3 is 2.11 bits per heavy atom. The van der Waals surface area contributed by atoms with Gasteiger partial charge in [0.2, 0.25) is 5.91 Å². The van der Waals surface area contributed by atoms with E-state index in [9.17, 15) is 9.59 Å². The molecule has 2 aromatic carbocycles. The standard InChI is InChI=1S/C28H38BrNO5/c1-17-12-18(2)25(23(13-17)35-26(32)27(3,4)5)28(6,7)16-24(31)30-11-10-19-14-22(34-9)20(29)15-21(19)33-8/h12-15H,10-11,16H2,1-9H3,(H,30,31). The van der Waals surface area contributed by atoms with Crippen LogP contribution in [0.25, 0.3) is 0 Å². The Labute approximate surface area is 217 Å². The molecule has 35 heavy (non-hydrogen) atoms. The van der Waals surface area contributed by atoms with Gasteiger partial charge >= 0.3 is 5.97 Å². The SMILES string of the molecule is COc1cc(CCNC(=O)CC(C)(C)c2c(C)cc(C)cc2OC(=O)C(C)(C)C)c(OC)cc1Br. The smallest absolute Gasteiger partial charge is 0.316 e. The first-order valence-electron chi connectivity index (χ1n) is 11.7. The summed E-state index contributed by atoms with van der Waals surface area (Å²) < 4.78 is 17.5. The van der Waals surface area contributed by atoms with Gasteiger partial charge < -0.3 is 19.5 Å². The maximum Gasteiger partial charge on any atom is 0.316 e.